The minimum atomic E-state index is -5.89. The third-order valence-corrected chi connectivity index (χ3v) is 6.81. The number of carbonyl (C=O) groups is 1. The summed E-state index contributed by atoms with van der Waals surface area (Å²) in [4.78, 5) is 14.3. The van der Waals surface area contributed by atoms with Gasteiger partial charge in [0.2, 0.25) is 5.91 Å². The van der Waals surface area contributed by atoms with Crippen molar-refractivity contribution in [1.82, 2.24) is 10.2 Å². The molecule has 0 radical (unpaired) electrons. The number of aliphatic hydroxyl groups is 1. The molecular formula is C17H19Cl2F3N2O5S. The Labute approximate surface area is 181 Å². The van der Waals surface area contributed by atoms with Crippen molar-refractivity contribution in [3.8, 4) is 5.75 Å². The lowest BCUT2D eigenvalue weighted by atomic mass is 9.88. The Morgan fingerprint density at radius 1 is 1.17 bits per heavy atom. The molecule has 2 saturated heterocycles. The van der Waals surface area contributed by atoms with Crippen molar-refractivity contribution in [2.75, 3.05) is 19.6 Å². The number of halogens is 5. The summed E-state index contributed by atoms with van der Waals surface area (Å²) in [5.41, 5.74) is -5.31. The van der Waals surface area contributed by atoms with Crippen LogP contribution in [0.3, 0.4) is 0 Å². The number of piperidine rings is 1. The maximum atomic E-state index is 12.6. The summed E-state index contributed by atoms with van der Waals surface area (Å²) < 4.78 is 64.5. The molecule has 0 spiro atoms. The van der Waals surface area contributed by atoms with Gasteiger partial charge in [-0.25, -0.2) is 0 Å². The van der Waals surface area contributed by atoms with E-state index in [0.717, 1.165) is 12.1 Å². The SMILES string of the molecule is O=C1NCCC1C(c1c(Cl)cc(OS(=O)(=O)C(F)(F)F)cc1Cl)N1CCC(O)CC1. The average molecular weight is 491 g/mol. The lowest BCUT2D eigenvalue weighted by molar-refractivity contribution is -0.124. The number of rotatable bonds is 5. The van der Waals surface area contributed by atoms with Gasteiger partial charge in [0.15, 0.2) is 0 Å². The van der Waals surface area contributed by atoms with Gasteiger partial charge >= 0.3 is 15.6 Å². The molecule has 1 aromatic rings. The maximum Gasteiger partial charge on any atom is 0.534 e. The molecule has 2 heterocycles. The Kier molecular flexibility index (Phi) is 6.78. The number of nitrogens with one attached hydrogen (secondary N) is 1. The summed E-state index contributed by atoms with van der Waals surface area (Å²) in [6, 6.07) is 1.28. The second-order valence-electron chi connectivity index (χ2n) is 7.18. The predicted octanol–water partition coefficient (Wildman–Crippen LogP) is 2.86. The van der Waals surface area contributed by atoms with Crippen LogP contribution in [0.2, 0.25) is 10.0 Å². The minimum absolute atomic E-state index is 0.120. The molecule has 2 fully saturated rings. The molecule has 0 aliphatic carbocycles. The van der Waals surface area contributed by atoms with Gasteiger partial charge in [0.05, 0.1) is 22.1 Å². The lowest BCUT2D eigenvalue weighted by Gasteiger charge is -2.39. The van der Waals surface area contributed by atoms with E-state index in [1.54, 1.807) is 0 Å². The van der Waals surface area contributed by atoms with Crippen molar-refractivity contribution in [1.29, 1.82) is 0 Å². The number of hydrogen-bond acceptors (Lipinski definition) is 6. The van der Waals surface area contributed by atoms with Crippen molar-refractivity contribution < 1.29 is 35.7 Å². The fourth-order valence-corrected chi connectivity index (χ4v) is 4.92. The first-order valence-electron chi connectivity index (χ1n) is 9.10. The summed E-state index contributed by atoms with van der Waals surface area (Å²) in [7, 11) is -5.89. The fourth-order valence-electron chi connectivity index (χ4n) is 3.78. The molecule has 168 valence electrons. The van der Waals surface area contributed by atoms with Crippen LogP contribution in [-0.2, 0) is 14.9 Å². The Bertz CT molecular complexity index is 897. The van der Waals surface area contributed by atoms with E-state index in [4.69, 9.17) is 23.2 Å². The zero-order valence-corrected chi connectivity index (χ0v) is 17.8. The number of aliphatic hydroxyl groups excluding tert-OH is 1. The molecule has 0 aromatic heterocycles. The largest absolute Gasteiger partial charge is 0.534 e. The van der Waals surface area contributed by atoms with E-state index >= 15 is 0 Å². The Morgan fingerprint density at radius 2 is 1.73 bits per heavy atom. The highest BCUT2D eigenvalue weighted by atomic mass is 35.5. The van der Waals surface area contributed by atoms with Crippen molar-refractivity contribution in [3.63, 3.8) is 0 Å². The van der Waals surface area contributed by atoms with E-state index in [1.807, 2.05) is 4.90 Å². The smallest absolute Gasteiger partial charge is 0.393 e. The highest BCUT2D eigenvalue weighted by Crippen LogP contribution is 2.44. The second kappa shape index (κ2) is 8.70. The standard InChI is InChI=1S/C17H19Cl2F3N2O5S/c18-12-7-10(29-30(27,28)17(20,21)22)8-13(19)14(12)15(11-1-4-23-16(11)26)24-5-2-9(25)3-6-24/h7-9,11,15,25H,1-6H2,(H,23,26). The van der Waals surface area contributed by atoms with Gasteiger partial charge in [0.25, 0.3) is 0 Å². The summed E-state index contributed by atoms with van der Waals surface area (Å²) in [5.74, 6) is -1.41. The number of carbonyl (C=O) groups excluding carboxylic acids is 1. The first kappa shape index (κ1) is 23.4. The molecule has 0 bridgehead atoms. The molecule has 2 atom stereocenters. The van der Waals surface area contributed by atoms with Gasteiger partial charge in [-0.2, -0.15) is 21.6 Å². The van der Waals surface area contributed by atoms with Gasteiger partial charge in [-0.05, 0) is 19.3 Å². The average Bonchev–Trinajstić information content (AvgIpc) is 3.03. The summed E-state index contributed by atoms with van der Waals surface area (Å²) >= 11 is 12.6. The Balaban J connectivity index is 1.98. The number of alkyl halides is 3. The highest BCUT2D eigenvalue weighted by molar-refractivity contribution is 7.88. The van der Waals surface area contributed by atoms with Gasteiger partial charge in [0.1, 0.15) is 5.75 Å². The predicted molar refractivity (Wildman–Crippen MR) is 103 cm³/mol. The normalized spacial score (nSPS) is 22.7. The van der Waals surface area contributed by atoms with Crippen LogP contribution in [-0.4, -0.2) is 55.6 Å². The van der Waals surface area contributed by atoms with Crippen LogP contribution in [0.4, 0.5) is 13.2 Å². The fraction of sp³-hybridized carbons (Fsp3) is 0.588. The molecular weight excluding hydrogens is 472 g/mol. The number of hydrogen-bond donors (Lipinski definition) is 2. The van der Waals surface area contributed by atoms with Gasteiger partial charge in [0, 0.05) is 43.4 Å². The van der Waals surface area contributed by atoms with Gasteiger partial charge in [-0.3, -0.25) is 9.69 Å². The first-order valence-corrected chi connectivity index (χ1v) is 11.3. The van der Waals surface area contributed by atoms with Gasteiger partial charge in [-0.15, -0.1) is 0 Å². The molecule has 2 aliphatic rings. The quantitative estimate of drug-likeness (QED) is 0.486. The third-order valence-electron chi connectivity index (χ3n) is 5.20. The molecule has 30 heavy (non-hydrogen) atoms. The van der Waals surface area contributed by atoms with E-state index in [9.17, 15) is 31.5 Å². The van der Waals surface area contributed by atoms with Crippen LogP contribution in [0.15, 0.2) is 12.1 Å². The summed E-state index contributed by atoms with van der Waals surface area (Å²) in [6.45, 7) is 1.38. The lowest BCUT2D eigenvalue weighted by Crippen LogP contribution is -2.43. The number of amides is 1. The number of nitrogens with zero attached hydrogens (tertiary/aromatic N) is 1. The Hall–Kier alpha value is -1.27. The summed E-state index contributed by atoms with van der Waals surface area (Å²) in [6.07, 6.45) is 0.986. The van der Waals surface area contributed by atoms with Crippen molar-refractivity contribution in [3.05, 3.63) is 27.7 Å². The van der Waals surface area contributed by atoms with E-state index in [1.165, 1.54) is 0 Å². The molecule has 3 rings (SSSR count). The second-order valence-corrected chi connectivity index (χ2v) is 9.53. The van der Waals surface area contributed by atoms with Crippen LogP contribution in [0, 0.1) is 5.92 Å². The van der Waals surface area contributed by atoms with Crippen molar-refractivity contribution in [2.24, 2.45) is 5.92 Å². The van der Waals surface area contributed by atoms with E-state index in [0.29, 0.717) is 44.5 Å². The Morgan fingerprint density at radius 3 is 2.20 bits per heavy atom. The van der Waals surface area contributed by atoms with Crippen molar-refractivity contribution in [2.45, 2.75) is 36.9 Å². The number of benzene rings is 1. The zero-order valence-electron chi connectivity index (χ0n) is 15.5. The van der Waals surface area contributed by atoms with Gasteiger partial charge in [-0.1, -0.05) is 23.2 Å². The molecule has 2 N–H and O–H groups in total. The molecule has 7 nitrogen and oxygen atoms in total. The van der Waals surface area contributed by atoms with Crippen LogP contribution in [0.5, 0.6) is 5.75 Å². The monoisotopic (exact) mass is 490 g/mol. The molecule has 0 saturated carbocycles. The van der Waals surface area contributed by atoms with E-state index in [-0.39, 0.29) is 16.0 Å². The zero-order chi connectivity index (χ0) is 22.3. The molecule has 2 aliphatic heterocycles. The van der Waals surface area contributed by atoms with Gasteiger partial charge < -0.3 is 14.6 Å². The summed E-state index contributed by atoms with van der Waals surface area (Å²) in [5, 5.41) is 12.3. The molecule has 2 unspecified atom stereocenters. The van der Waals surface area contributed by atoms with Crippen LogP contribution in [0.1, 0.15) is 30.9 Å². The molecule has 1 amide bonds. The molecule has 13 heteroatoms. The highest BCUT2D eigenvalue weighted by Gasteiger charge is 2.49. The van der Waals surface area contributed by atoms with Crippen molar-refractivity contribution >= 4 is 39.2 Å². The van der Waals surface area contributed by atoms with Crippen LogP contribution in [0.25, 0.3) is 0 Å². The third kappa shape index (κ3) is 4.80. The minimum Gasteiger partial charge on any atom is -0.393 e. The van der Waals surface area contributed by atoms with Crippen LogP contribution >= 0.6 is 23.2 Å². The van der Waals surface area contributed by atoms with Crippen LogP contribution < -0.4 is 9.50 Å². The number of likely N-dealkylation sites (tertiary alicyclic amines) is 1. The van der Waals surface area contributed by atoms with E-state index in [2.05, 4.69) is 9.50 Å². The first-order chi connectivity index (χ1) is 13.9. The van der Waals surface area contributed by atoms with E-state index < -0.39 is 39.4 Å². The topological polar surface area (TPSA) is 95.9 Å². The maximum absolute atomic E-state index is 12.6. The molecule has 1 aromatic carbocycles.